The number of nitrogens with one attached hydrogen (secondary N) is 2. The molecule has 8 nitrogen and oxygen atoms in total. The van der Waals surface area contributed by atoms with E-state index in [2.05, 4.69) is 15.1 Å². The number of nitrogens with zero attached hydrogens (tertiary/aromatic N) is 2. The molecule has 3 aromatic carbocycles. The van der Waals surface area contributed by atoms with Crippen molar-refractivity contribution < 1.29 is 17.9 Å². The number of hydrogen-bond acceptors (Lipinski definition) is 5. The lowest BCUT2D eigenvalue weighted by molar-refractivity contribution is 0.102. The van der Waals surface area contributed by atoms with Crippen molar-refractivity contribution in [2.75, 3.05) is 17.1 Å². The van der Waals surface area contributed by atoms with E-state index in [1.165, 1.54) is 19.2 Å². The Morgan fingerprint density at radius 2 is 1.85 bits per heavy atom. The van der Waals surface area contributed by atoms with Gasteiger partial charge < -0.3 is 10.1 Å². The molecule has 0 saturated heterocycles. The van der Waals surface area contributed by atoms with Gasteiger partial charge in [-0.1, -0.05) is 23.7 Å². The number of halogens is 1. The molecule has 0 aliphatic carbocycles. The first kappa shape index (κ1) is 23.3. The molecule has 0 fully saturated rings. The molecule has 1 heterocycles. The standard InChI is InChI=1S/C24H21ClN4O4S/c1-16-7-8-17(11-23(16)34(31,32)28-19-6-3-5-18(25)12-19)24(30)27-20-13-21(15-22(14-20)33-2)29-10-4-9-26-29/h3-15,28H,1-2H3,(H,27,30). The van der Waals surface area contributed by atoms with Crippen LogP contribution in [-0.2, 0) is 10.0 Å². The molecule has 0 aliphatic heterocycles. The Hall–Kier alpha value is -3.82. The van der Waals surface area contributed by atoms with Crippen molar-refractivity contribution in [1.82, 2.24) is 9.78 Å². The number of benzene rings is 3. The number of hydrogen-bond donors (Lipinski definition) is 2. The quantitative estimate of drug-likeness (QED) is 0.379. The predicted octanol–water partition coefficient (Wildman–Crippen LogP) is 4.90. The number of anilines is 2. The number of amides is 1. The average molecular weight is 497 g/mol. The van der Waals surface area contributed by atoms with Gasteiger partial charge in [-0.25, -0.2) is 13.1 Å². The van der Waals surface area contributed by atoms with Crippen molar-refractivity contribution in [2.45, 2.75) is 11.8 Å². The number of carbonyl (C=O) groups excluding carboxylic acids is 1. The number of carbonyl (C=O) groups is 1. The molecular weight excluding hydrogens is 476 g/mol. The van der Waals surface area contributed by atoms with Crippen molar-refractivity contribution in [3.8, 4) is 11.4 Å². The average Bonchev–Trinajstić information content (AvgIpc) is 3.34. The minimum absolute atomic E-state index is 0.0111. The van der Waals surface area contributed by atoms with Crippen LogP contribution in [0.3, 0.4) is 0 Å². The van der Waals surface area contributed by atoms with Crippen LogP contribution in [0.15, 0.2) is 84.0 Å². The summed E-state index contributed by atoms with van der Waals surface area (Å²) in [5.41, 5.74) is 2.16. The third kappa shape index (κ3) is 5.22. The third-order valence-corrected chi connectivity index (χ3v) is 6.73. The predicted molar refractivity (Wildman–Crippen MR) is 132 cm³/mol. The van der Waals surface area contributed by atoms with Crippen LogP contribution in [0.2, 0.25) is 5.02 Å². The van der Waals surface area contributed by atoms with E-state index in [9.17, 15) is 13.2 Å². The van der Waals surface area contributed by atoms with Crippen molar-refractivity contribution >= 4 is 38.9 Å². The Morgan fingerprint density at radius 3 is 2.56 bits per heavy atom. The van der Waals surface area contributed by atoms with Gasteiger partial charge in [0.15, 0.2) is 0 Å². The minimum atomic E-state index is -3.96. The molecule has 1 aromatic heterocycles. The molecule has 0 bridgehead atoms. The highest BCUT2D eigenvalue weighted by Crippen LogP contribution is 2.25. The molecule has 2 N–H and O–H groups in total. The SMILES string of the molecule is COc1cc(NC(=O)c2ccc(C)c(S(=O)(=O)Nc3cccc(Cl)c3)c2)cc(-n2cccn2)c1. The first-order valence-electron chi connectivity index (χ1n) is 10.1. The topological polar surface area (TPSA) is 102 Å². The van der Waals surface area contributed by atoms with Gasteiger partial charge in [-0.2, -0.15) is 5.10 Å². The molecule has 1 amide bonds. The molecule has 0 spiro atoms. The largest absolute Gasteiger partial charge is 0.497 e. The molecule has 0 aliphatic rings. The highest BCUT2D eigenvalue weighted by molar-refractivity contribution is 7.92. The molecule has 174 valence electrons. The molecular formula is C24H21ClN4O4S. The summed E-state index contributed by atoms with van der Waals surface area (Å²) >= 11 is 5.96. The van der Waals surface area contributed by atoms with Crippen LogP contribution in [0, 0.1) is 6.92 Å². The van der Waals surface area contributed by atoms with Crippen LogP contribution < -0.4 is 14.8 Å². The molecule has 0 unspecified atom stereocenters. The van der Waals surface area contributed by atoms with Gasteiger partial charge in [0.1, 0.15) is 5.75 Å². The number of aromatic nitrogens is 2. The number of methoxy groups -OCH3 is 1. The van der Waals surface area contributed by atoms with Crippen molar-refractivity contribution in [2.24, 2.45) is 0 Å². The monoisotopic (exact) mass is 496 g/mol. The summed E-state index contributed by atoms with van der Waals surface area (Å²) in [7, 11) is -2.43. The zero-order valence-electron chi connectivity index (χ0n) is 18.3. The Balaban J connectivity index is 1.62. The normalized spacial score (nSPS) is 11.1. The van der Waals surface area contributed by atoms with E-state index in [0.29, 0.717) is 33.4 Å². The number of rotatable bonds is 7. The fourth-order valence-corrected chi connectivity index (χ4v) is 4.83. The molecule has 0 radical (unpaired) electrons. The van der Waals surface area contributed by atoms with Gasteiger partial charge in [-0.15, -0.1) is 0 Å². The van der Waals surface area contributed by atoms with Gasteiger partial charge in [0.2, 0.25) is 0 Å². The fraction of sp³-hybridized carbons (Fsp3) is 0.0833. The van der Waals surface area contributed by atoms with Gasteiger partial charge in [0, 0.05) is 40.8 Å². The van der Waals surface area contributed by atoms with Crippen molar-refractivity contribution in [3.05, 3.63) is 95.3 Å². The van der Waals surface area contributed by atoms with E-state index >= 15 is 0 Å². The maximum Gasteiger partial charge on any atom is 0.262 e. The van der Waals surface area contributed by atoms with Crippen molar-refractivity contribution in [1.29, 1.82) is 0 Å². The third-order valence-electron chi connectivity index (χ3n) is 4.97. The second-order valence-electron chi connectivity index (χ2n) is 7.42. The molecule has 4 rings (SSSR count). The first-order chi connectivity index (χ1) is 16.2. The van der Waals surface area contributed by atoms with Gasteiger partial charge in [-0.3, -0.25) is 9.52 Å². The van der Waals surface area contributed by atoms with Crippen LogP contribution in [0.25, 0.3) is 5.69 Å². The van der Waals surface area contributed by atoms with E-state index in [0.717, 1.165) is 0 Å². The van der Waals surface area contributed by atoms with E-state index in [1.807, 2.05) is 0 Å². The zero-order valence-corrected chi connectivity index (χ0v) is 19.9. The lowest BCUT2D eigenvalue weighted by atomic mass is 10.1. The van der Waals surface area contributed by atoms with Crippen LogP contribution >= 0.6 is 11.6 Å². The number of sulfonamides is 1. The first-order valence-corrected chi connectivity index (χ1v) is 12.0. The zero-order chi connectivity index (χ0) is 24.3. The number of ether oxygens (including phenoxy) is 1. The van der Waals surface area contributed by atoms with Crippen LogP contribution in [0.1, 0.15) is 15.9 Å². The lowest BCUT2D eigenvalue weighted by Gasteiger charge is -2.13. The maximum absolute atomic E-state index is 13.0. The smallest absolute Gasteiger partial charge is 0.262 e. The van der Waals surface area contributed by atoms with E-state index in [-0.39, 0.29) is 10.5 Å². The highest BCUT2D eigenvalue weighted by Gasteiger charge is 2.20. The van der Waals surface area contributed by atoms with Gasteiger partial charge in [0.05, 0.1) is 23.4 Å². The molecule has 4 aromatic rings. The molecule has 10 heteroatoms. The summed E-state index contributed by atoms with van der Waals surface area (Å²) in [6.45, 7) is 1.66. The fourth-order valence-electron chi connectivity index (χ4n) is 3.32. The minimum Gasteiger partial charge on any atom is -0.497 e. The summed E-state index contributed by atoms with van der Waals surface area (Å²) < 4.78 is 35.5. The van der Waals surface area contributed by atoms with Gasteiger partial charge >= 0.3 is 0 Å². The van der Waals surface area contributed by atoms with Crippen molar-refractivity contribution in [3.63, 3.8) is 0 Å². The Bertz CT molecular complexity index is 1450. The summed E-state index contributed by atoms with van der Waals surface area (Å²) in [6.07, 6.45) is 3.41. The summed E-state index contributed by atoms with van der Waals surface area (Å²) in [5, 5.41) is 7.39. The summed E-state index contributed by atoms with van der Waals surface area (Å²) in [6, 6.07) is 17.8. The Morgan fingerprint density at radius 1 is 1.03 bits per heavy atom. The maximum atomic E-state index is 13.0. The molecule has 0 saturated carbocycles. The highest BCUT2D eigenvalue weighted by atomic mass is 35.5. The lowest BCUT2D eigenvalue weighted by Crippen LogP contribution is -2.17. The second-order valence-corrected chi connectivity index (χ2v) is 9.51. The van der Waals surface area contributed by atoms with Crippen LogP contribution in [-0.4, -0.2) is 31.2 Å². The summed E-state index contributed by atoms with van der Waals surface area (Å²) in [4.78, 5) is 13.0. The van der Waals surface area contributed by atoms with Gasteiger partial charge in [0.25, 0.3) is 15.9 Å². The summed E-state index contributed by atoms with van der Waals surface area (Å²) in [5.74, 6) is 0.0556. The Labute approximate surface area is 202 Å². The Kier molecular flexibility index (Phi) is 6.58. The van der Waals surface area contributed by atoms with E-state index in [1.54, 1.807) is 78.6 Å². The van der Waals surface area contributed by atoms with Gasteiger partial charge in [-0.05, 0) is 55.0 Å². The molecule has 34 heavy (non-hydrogen) atoms. The second kappa shape index (κ2) is 9.58. The van der Waals surface area contributed by atoms with E-state index < -0.39 is 15.9 Å². The number of aryl methyl sites for hydroxylation is 1. The van der Waals surface area contributed by atoms with E-state index in [4.69, 9.17) is 16.3 Å². The van der Waals surface area contributed by atoms with Crippen LogP contribution in [0.5, 0.6) is 5.75 Å². The van der Waals surface area contributed by atoms with Crippen LogP contribution in [0.4, 0.5) is 11.4 Å². The molecule has 0 atom stereocenters.